The van der Waals surface area contributed by atoms with Gasteiger partial charge in [-0.1, -0.05) is 19.1 Å². The number of ether oxygens (including phenoxy) is 2. The highest BCUT2D eigenvalue weighted by atomic mass is 16.5. The van der Waals surface area contributed by atoms with Gasteiger partial charge >= 0.3 is 0 Å². The molecule has 7 nitrogen and oxygen atoms in total. The van der Waals surface area contributed by atoms with Crippen molar-refractivity contribution >= 4 is 5.96 Å². The molecule has 0 aromatic heterocycles. The van der Waals surface area contributed by atoms with Crippen molar-refractivity contribution in [1.29, 1.82) is 0 Å². The molecule has 2 rings (SSSR count). The molecule has 1 fully saturated rings. The van der Waals surface area contributed by atoms with Crippen molar-refractivity contribution in [2.45, 2.75) is 39.3 Å². The van der Waals surface area contributed by atoms with E-state index in [1.54, 1.807) is 7.11 Å². The van der Waals surface area contributed by atoms with Crippen molar-refractivity contribution < 1.29 is 9.47 Å². The predicted molar refractivity (Wildman–Crippen MR) is 124 cm³/mol. The van der Waals surface area contributed by atoms with E-state index in [9.17, 15) is 0 Å². The van der Waals surface area contributed by atoms with Crippen LogP contribution in [0.3, 0.4) is 0 Å². The van der Waals surface area contributed by atoms with Crippen LogP contribution < -0.4 is 15.4 Å². The first-order valence-corrected chi connectivity index (χ1v) is 11.3. The summed E-state index contributed by atoms with van der Waals surface area (Å²) < 4.78 is 10.9. The van der Waals surface area contributed by atoms with Gasteiger partial charge in [-0.3, -0.25) is 9.89 Å². The van der Waals surface area contributed by atoms with Crippen molar-refractivity contribution in [3.63, 3.8) is 0 Å². The Morgan fingerprint density at radius 1 is 1.20 bits per heavy atom. The van der Waals surface area contributed by atoms with Gasteiger partial charge in [0.25, 0.3) is 0 Å². The molecule has 1 aliphatic heterocycles. The van der Waals surface area contributed by atoms with E-state index in [4.69, 9.17) is 14.5 Å². The quantitative estimate of drug-likeness (QED) is 0.424. The van der Waals surface area contributed by atoms with Gasteiger partial charge in [0.2, 0.25) is 0 Å². The first kappa shape index (κ1) is 24.4. The Morgan fingerprint density at radius 3 is 2.50 bits per heavy atom. The first-order valence-electron chi connectivity index (χ1n) is 11.3. The van der Waals surface area contributed by atoms with Crippen LogP contribution in [0.15, 0.2) is 29.3 Å². The lowest BCUT2D eigenvalue weighted by atomic mass is 10.0. The highest BCUT2D eigenvalue weighted by Crippen LogP contribution is 2.24. The Morgan fingerprint density at radius 2 is 1.90 bits per heavy atom. The second kappa shape index (κ2) is 13.5. The Hall–Kier alpha value is -1.83. The summed E-state index contributed by atoms with van der Waals surface area (Å²) in [7, 11) is 3.88. The highest BCUT2D eigenvalue weighted by Gasteiger charge is 2.22. The Labute approximate surface area is 182 Å². The van der Waals surface area contributed by atoms with Gasteiger partial charge in [0.15, 0.2) is 5.96 Å². The number of likely N-dealkylation sites (N-methyl/N-ethyl adjacent to an activating group) is 1. The molecule has 0 aliphatic carbocycles. The van der Waals surface area contributed by atoms with Crippen LogP contribution in [0.1, 0.15) is 38.8 Å². The van der Waals surface area contributed by atoms with E-state index in [0.29, 0.717) is 12.6 Å². The van der Waals surface area contributed by atoms with Crippen LogP contribution in [0, 0.1) is 0 Å². The van der Waals surface area contributed by atoms with E-state index in [0.717, 1.165) is 64.1 Å². The number of guanidine groups is 1. The van der Waals surface area contributed by atoms with Crippen molar-refractivity contribution in [2.24, 2.45) is 4.99 Å². The van der Waals surface area contributed by atoms with E-state index in [2.05, 4.69) is 60.4 Å². The van der Waals surface area contributed by atoms with Crippen LogP contribution >= 0.6 is 0 Å². The zero-order valence-electron chi connectivity index (χ0n) is 19.5. The Kier molecular flexibility index (Phi) is 11.0. The maximum atomic E-state index is 5.56. The van der Waals surface area contributed by atoms with Gasteiger partial charge in [-0.15, -0.1) is 0 Å². The molecule has 0 radical (unpaired) electrons. The average molecular weight is 420 g/mol. The minimum Gasteiger partial charge on any atom is -0.497 e. The lowest BCUT2D eigenvalue weighted by Crippen LogP contribution is -2.43. The summed E-state index contributed by atoms with van der Waals surface area (Å²) in [4.78, 5) is 9.78. The summed E-state index contributed by atoms with van der Waals surface area (Å²) in [6.07, 6.45) is 1.16. The maximum absolute atomic E-state index is 5.56. The monoisotopic (exact) mass is 419 g/mol. The average Bonchev–Trinajstić information content (AvgIpc) is 2.79. The van der Waals surface area contributed by atoms with Gasteiger partial charge in [0.05, 0.1) is 32.9 Å². The minimum absolute atomic E-state index is 0.220. The summed E-state index contributed by atoms with van der Waals surface area (Å²) in [6, 6.07) is 9.16. The van der Waals surface area contributed by atoms with Gasteiger partial charge in [-0.25, -0.2) is 0 Å². The number of morpholine rings is 1. The largest absolute Gasteiger partial charge is 0.497 e. The van der Waals surface area contributed by atoms with Crippen LogP contribution in [0.25, 0.3) is 0 Å². The smallest absolute Gasteiger partial charge is 0.191 e. The predicted octanol–water partition coefficient (Wildman–Crippen LogP) is 2.35. The SMILES string of the molecule is CCNC(=NCC(c1ccc(OC)cc1)N1CCOCC1)NCCN(C)C(C)CC. The third-order valence-electron chi connectivity index (χ3n) is 5.85. The molecule has 0 spiro atoms. The van der Waals surface area contributed by atoms with Gasteiger partial charge < -0.3 is 25.0 Å². The molecule has 0 saturated carbocycles. The molecule has 0 bridgehead atoms. The lowest BCUT2D eigenvalue weighted by Gasteiger charge is -2.34. The van der Waals surface area contributed by atoms with Crippen LogP contribution in [-0.2, 0) is 4.74 Å². The lowest BCUT2D eigenvalue weighted by molar-refractivity contribution is 0.0179. The molecular formula is C23H41N5O2. The zero-order chi connectivity index (χ0) is 21.8. The van der Waals surface area contributed by atoms with Gasteiger partial charge in [-0.05, 0) is 45.0 Å². The minimum atomic E-state index is 0.220. The topological polar surface area (TPSA) is 61.4 Å². The number of hydrogen-bond acceptors (Lipinski definition) is 5. The van der Waals surface area contributed by atoms with Gasteiger partial charge in [-0.2, -0.15) is 0 Å². The molecule has 2 atom stereocenters. The zero-order valence-corrected chi connectivity index (χ0v) is 19.5. The fraction of sp³-hybridized carbons (Fsp3) is 0.696. The molecule has 1 heterocycles. The summed E-state index contributed by atoms with van der Waals surface area (Å²) >= 11 is 0. The number of hydrogen-bond donors (Lipinski definition) is 2. The van der Waals surface area contributed by atoms with Crippen molar-refractivity contribution in [1.82, 2.24) is 20.4 Å². The van der Waals surface area contributed by atoms with Crippen molar-refractivity contribution in [3.05, 3.63) is 29.8 Å². The molecule has 2 N–H and O–H groups in total. The second-order valence-electron chi connectivity index (χ2n) is 7.82. The number of aliphatic imine (C=N–C) groups is 1. The molecule has 1 saturated heterocycles. The number of nitrogens with zero attached hydrogens (tertiary/aromatic N) is 3. The fourth-order valence-electron chi connectivity index (χ4n) is 3.55. The van der Waals surface area contributed by atoms with Crippen LogP contribution in [-0.4, -0.2) is 88.4 Å². The number of nitrogens with one attached hydrogen (secondary N) is 2. The molecule has 2 unspecified atom stereocenters. The second-order valence-corrected chi connectivity index (χ2v) is 7.82. The normalized spacial score (nSPS) is 17.6. The molecule has 30 heavy (non-hydrogen) atoms. The molecule has 1 aliphatic rings. The highest BCUT2D eigenvalue weighted by molar-refractivity contribution is 5.79. The van der Waals surface area contributed by atoms with Crippen LogP contribution in [0.4, 0.5) is 0 Å². The molecule has 170 valence electrons. The third-order valence-corrected chi connectivity index (χ3v) is 5.85. The van der Waals surface area contributed by atoms with Gasteiger partial charge in [0.1, 0.15) is 5.75 Å². The van der Waals surface area contributed by atoms with Crippen molar-refractivity contribution in [3.8, 4) is 5.75 Å². The van der Waals surface area contributed by atoms with E-state index in [1.165, 1.54) is 5.56 Å². The summed E-state index contributed by atoms with van der Waals surface area (Å²) in [5.41, 5.74) is 1.26. The fourth-order valence-corrected chi connectivity index (χ4v) is 3.55. The number of benzene rings is 1. The standard InChI is InChI=1S/C23H41N5O2/c1-6-19(3)27(4)13-12-25-23(24-7-2)26-18-22(28-14-16-30-17-15-28)20-8-10-21(29-5)11-9-20/h8-11,19,22H,6-7,12-18H2,1-5H3,(H2,24,25,26). The molecule has 0 amide bonds. The molecular weight excluding hydrogens is 378 g/mol. The summed E-state index contributed by atoms with van der Waals surface area (Å²) in [6.45, 7) is 13.4. The third kappa shape index (κ3) is 7.78. The molecule has 1 aromatic rings. The molecule has 7 heteroatoms. The number of methoxy groups -OCH3 is 1. The van der Waals surface area contributed by atoms with E-state index >= 15 is 0 Å². The first-order chi connectivity index (χ1) is 14.6. The number of rotatable bonds is 11. The summed E-state index contributed by atoms with van der Waals surface area (Å²) in [5, 5.41) is 6.88. The van der Waals surface area contributed by atoms with E-state index in [-0.39, 0.29) is 6.04 Å². The van der Waals surface area contributed by atoms with Crippen LogP contribution in [0.2, 0.25) is 0 Å². The maximum Gasteiger partial charge on any atom is 0.191 e. The Balaban J connectivity index is 2.05. The Bertz CT molecular complexity index is 617. The van der Waals surface area contributed by atoms with Crippen LogP contribution in [0.5, 0.6) is 5.75 Å². The van der Waals surface area contributed by atoms with Crippen molar-refractivity contribution in [2.75, 3.05) is 66.6 Å². The van der Waals surface area contributed by atoms with Gasteiger partial charge in [0, 0.05) is 38.8 Å². The van der Waals surface area contributed by atoms with E-state index < -0.39 is 0 Å². The molecule has 1 aromatic carbocycles. The summed E-state index contributed by atoms with van der Waals surface area (Å²) in [5.74, 6) is 1.75. The van der Waals surface area contributed by atoms with E-state index in [1.807, 2.05) is 12.1 Å².